The van der Waals surface area contributed by atoms with Gasteiger partial charge >= 0.3 is 0 Å². The Labute approximate surface area is 136 Å². The van der Waals surface area contributed by atoms with Crippen LogP contribution in [-0.4, -0.2) is 19.9 Å². The number of nitrogens with zero attached hydrogens (tertiary/aromatic N) is 1. The Balaban J connectivity index is 2.36. The molecule has 2 rings (SSSR count). The van der Waals surface area contributed by atoms with Gasteiger partial charge in [0, 0.05) is 6.21 Å². The van der Waals surface area contributed by atoms with Gasteiger partial charge < -0.3 is 9.47 Å². The van der Waals surface area contributed by atoms with E-state index < -0.39 is 0 Å². The summed E-state index contributed by atoms with van der Waals surface area (Å²) in [5.41, 5.74) is 4.13. The lowest BCUT2D eigenvalue weighted by molar-refractivity contribution is 0.311. The van der Waals surface area contributed by atoms with E-state index in [-0.39, 0.29) is 0 Å². The minimum absolute atomic E-state index is 0.510. The summed E-state index contributed by atoms with van der Waals surface area (Å²) >= 11 is 6.24. The van der Waals surface area contributed by atoms with E-state index in [1.165, 1.54) is 5.56 Å². The molecular formula is C18H20ClNO2. The van der Waals surface area contributed by atoms with Gasteiger partial charge in [0.05, 0.1) is 24.4 Å². The van der Waals surface area contributed by atoms with Crippen molar-refractivity contribution in [2.75, 3.05) is 13.7 Å². The van der Waals surface area contributed by atoms with Gasteiger partial charge in [-0.15, -0.1) is 0 Å². The molecule has 0 amide bonds. The molecule has 2 aromatic rings. The van der Waals surface area contributed by atoms with Gasteiger partial charge in [-0.05, 0) is 55.7 Å². The number of rotatable bonds is 5. The molecule has 0 spiro atoms. The van der Waals surface area contributed by atoms with Gasteiger partial charge in [-0.2, -0.15) is 0 Å². The minimum atomic E-state index is 0.510. The maximum atomic E-state index is 6.24. The number of ether oxygens (including phenoxy) is 2. The van der Waals surface area contributed by atoms with E-state index in [4.69, 9.17) is 21.1 Å². The molecule has 0 aliphatic rings. The molecule has 0 heterocycles. The van der Waals surface area contributed by atoms with E-state index in [9.17, 15) is 0 Å². The van der Waals surface area contributed by atoms with Gasteiger partial charge in [0.1, 0.15) is 0 Å². The summed E-state index contributed by atoms with van der Waals surface area (Å²) < 4.78 is 10.9. The van der Waals surface area contributed by atoms with E-state index in [2.05, 4.69) is 30.1 Å². The van der Waals surface area contributed by atoms with Gasteiger partial charge in [-0.3, -0.25) is 4.99 Å². The van der Waals surface area contributed by atoms with Crippen molar-refractivity contribution >= 4 is 23.5 Å². The predicted molar refractivity (Wildman–Crippen MR) is 92.3 cm³/mol. The lowest BCUT2D eigenvalue weighted by Gasteiger charge is -2.11. The van der Waals surface area contributed by atoms with E-state index in [1.807, 2.05) is 26.0 Å². The summed E-state index contributed by atoms with van der Waals surface area (Å²) in [5, 5.41) is 0.510. The van der Waals surface area contributed by atoms with Crippen LogP contribution in [0.4, 0.5) is 5.69 Å². The molecule has 0 bridgehead atoms. The molecule has 3 nitrogen and oxygen atoms in total. The lowest BCUT2D eigenvalue weighted by atomic mass is 10.1. The molecule has 0 fully saturated rings. The maximum Gasteiger partial charge on any atom is 0.179 e. The Morgan fingerprint density at radius 3 is 2.64 bits per heavy atom. The first-order chi connectivity index (χ1) is 10.5. The van der Waals surface area contributed by atoms with Crippen molar-refractivity contribution in [1.29, 1.82) is 0 Å². The zero-order valence-corrected chi connectivity index (χ0v) is 14.1. The fraction of sp³-hybridized carbons (Fsp3) is 0.278. The average molecular weight is 318 g/mol. The molecule has 116 valence electrons. The first kappa shape index (κ1) is 16.4. The SMILES string of the molecule is CCOc1cc(C=Nc2cc(C)ccc2C)cc(Cl)c1OC. The van der Waals surface area contributed by atoms with Gasteiger partial charge in [0.25, 0.3) is 0 Å². The molecule has 0 N–H and O–H groups in total. The van der Waals surface area contributed by atoms with Crippen LogP contribution in [0.15, 0.2) is 35.3 Å². The van der Waals surface area contributed by atoms with Crippen molar-refractivity contribution in [3.63, 3.8) is 0 Å². The van der Waals surface area contributed by atoms with Crippen molar-refractivity contribution in [1.82, 2.24) is 0 Å². The molecule has 0 radical (unpaired) electrons. The van der Waals surface area contributed by atoms with Crippen LogP contribution in [-0.2, 0) is 0 Å². The third-order valence-corrected chi connectivity index (χ3v) is 3.53. The smallest absolute Gasteiger partial charge is 0.179 e. The Kier molecular flexibility index (Phi) is 5.45. The van der Waals surface area contributed by atoms with Crippen LogP contribution in [0.5, 0.6) is 11.5 Å². The number of halogens is 1. The van der Waals surface area contributed by atoms with Gasteiger partial charge in [-0.1, -0.05) is 23.7 Å². The van der Waals surface area contributed by atoms with E-state index in [0.717, 1.165) is 16.8 Å². The Morgan fingerprint density at radius 2 is 1.95 bits per heavy atom. The van der Waals surface area contributed by atoms with Crippen molar-refractivity contribution in [3.05, 3.63) is 52.0 Å². The third-order valence-electron chi connectivity index (χ3n) is 3.25. The predicted octanol–water partition coefficient (Wildman–Crippen LogP) is 5.11. The van der Waals surface area contributed by atoms with Gasteiger partial charge in [-0.25, -0.2) is 0 Å². The normalized spacial score (nSPS) is 11.0. The molecule has 0 unspecified atom stereocenters. The quantitative estimate of drug-likeness (QED) is 0.717. The maximum absolute atomic E-state index is 6.24. The molecule has 0 atom stereocenters. The second-order valence-corrected chi connectivity index (χ2v) is 5.42. The standard InChI is InChI=1S/C18H20ClNO2/c1-5-22-17-10-14(9-15(19)18(17)21-4)11-20-16-8-12(2)6-7-13(16)3/h6-11H,5H2,1-4H3. The summed E-state index contributed by atoms with van der Waals surface area (Å²) in [6, 6.07) is 9.89. The second-order valence-electron chi connectivity index (χ2n) is 5.02. The summed E-state index contributed by atoms with van der Waals surface area (Å²) in [6.07, 6.45) is 1.79. The van der Waals surface area contributed by atoms with Crippen LogP contribution in [0.1, 0.15) is 23.6 Å². The highest BCUT2D eigenvalue weighted by molar-refractivity contribution is 6.32. The zero-order chi connectivity index (χ0) is 16.1. The molecule has 2 aromatic carbocycles. The summed E-state index contributed by atoms with van der Waals surface area (Å²) in [7, 11) is 1.58. The number of aliphatic imine (C=N–C) groups is 1. The van der Waals surface area contributed by atoms with Gasteiger partial charge in [0.2, 0.25) is 0 Å². The van der Waals surface area contributed by atoms with Crippen molar-refractivity contribution in [2.45, 2.75) is 20.8 Å². The summed E-state index contributed by atoms with van der Waals surface area (Å²) in [5.74, 6) is 1.17. The number of aryl methyl sites for hydroxylation is 2. The molecule has 0 aromatic heterocycles. The first-order valence-corrected chi connectivity index (χ1v) is 7.54. The van der Waals surface area contributed by atoms with Crippen LogP contribution in [0, 0.1) is 13.8 Å². The van der Waals surface area contributed by atoms with Crippen LogP contribution >= 0.6 is 11.6 Å². The summed E-state index contributed by atoms with van der Waals surface area (Å²) in [4.78, 5) is 4.55. The monoisotopic (exact) mass is 317 g/mol. The van der Waals surface area contributed by atoms with Gasteiger partial charge in [0.15, 0.2) is 11.5 Å². The molecule has 4 heteroatoms. The third kappa shape index (κ3) is 3.80. The van der Waals surface area contributed by atoms with Crippen LogP contribution in [0.2, 0.25) is 5.02 Å². The van der Waals surface area contributed by atoms with E-state index in [1.54, 1.807) is 13.3 Å². The van der Waals surface area contributed by atoms with Crippen molar-refractivity contribution < 1.29 is 9.47 Å². The van der Waals surface area contributed by atoms with Crippen LogP contribution < -0.4 is 9.47 Å². The van der Waals surface area contributed by atoms with Crippen LogP contribution in [0.3, 0.4) is 0 Å². The highest BCUT2D eigenvalue weighted by Gasteiger charge is 2.10. The number of methoxy groups -OCH3 is 1. The fourth-order valence-electron chi connectivity index (χ4n) is 2.13. The Morgan fingerprint density at radius 1 is 1.18 bits per heavy atom. The molecule has 0 aliphatic carbocycles. The molecule has 0 saturated heterocycles. The van der Waals surface area contributed by atoms with Crippen molar-refractivity contribution in [3.8, 4) is 11.5 Å². The number of benzene rings is 2. The Bertz CT molecular complexity index is 696. The van der Waals surface area contributed by atoms with Crippen molar-refractivity contribution in [2.24, 2.45) is 4.99 Å². The molecule has 0 saturated carbocycles. The average Bonchev–Trinajstić information content (AvgIpc) is 2.48. The second kappa shape index (κ2) is 7.32. The zero-order valence-electron chi connectivity index (χ0n) is 13.3. The highest BCUT2D eigenvalue weighted by Crippen LogP contribution is 2.36. The topological polar surface area (TPSA) is 30.8 Å². The first-order valence-electron chi connectivity index (χ1n) is 7.16. The van der Waals surface area contributed by atoms with Crippen LogP contribution in [0.25, 0.3) is 0 Å². The molecular weight excluding hydrogens is 298 g/mol. The largest absolute Gasteiger partial charge is 0.491 e. The molecule has 22 heavy (non-hydrogen) atoms. The lowest BCUT2D eigenvalue weighted by Crippen LogP contribution is -1.97. The summed E-state index contributed by atoms with van der Waals surface area (Å²) in [6.45, 7) is 6.56. The molecule has 0 aliphatic heterocycles. The number of hydrogen-bond donors (Lipinski definition) is 0. The number of hydrogen-bond acceptors (Lipinski definition) is 3. The Hall–Kier alpha value is -2.00. The van der Waals surface area contributed by atoms with E-state index in [0.29, 0.717) is 23.1 Å². The minimum Gasteiger partial charge on any atom is -0.491 e. The fourth-order valence-corrected chi connectivity index (χ4v) is 2.42. The van der Waals surface area contributed by atoms with E-state index >= 15 is 0 Å². The highest BCUT2D eigenvalue weighted by atomic mass is 35.5.